The number of pyridine rings is 1. The molecular formula is C26H35FN4O4. The molecule has 2 amide bonds. The van der Waals surface area contributed by atoms with Crippen LogP contribution in [0.1, 0.15) is 51.2 Å². The number of carbonyl (C=O) groups is 2. The van der Waals surface area contributed by atoms with E-state index < -0.39 is 23.6 Å². The van der Waals surface area contributed by atoms with E-state index in [2.05, 4.69) is 27.8 Å². The highest BCUT2D eigenvalue weighted by Crippen LogP contribution is 2.24. The predicted molar refractivity (Wildman–Crippen MR) is 132 cm³/mol. The molecule has 1 fully saturated rings. The summed E-state index contributed by atoms with van der Waals surface area (Å²) < 4.78 is 25.5. The van der Waals surface area contributed by atoms with Crippen LogP contribution in [0.25, 0.3) is 0 Å². The largest absolute Gasteiger partial charge is 0.481 e. The Bertz CT molecular complexity index is 1010. The Balaban J connectivity index is 1.56. The van der Waals surface area contributed by atoms with Gasteiger partial charge in [-0.25, -0.2) is 9.18 Å². The summed E-state index contributed by atoms with van der Waals surface area (Å²) in [7, 11) is 1.45. The smallest absolute Gasteiger partial charge is 0.410 e. The highest BCUT2D eigenvalue weighted by atomic mass is 19.1. The fourth-order valence-corrected chi connectivity index (χ4v) is 3.96. The SMILES string of the molecule is COc1nc(NCCCc2ccccc2)c(F)cc1CNC(=O)C1CCCN1C(=O)OC(C)(C)C. The number of aromatic nitrogens is 1. The Labute approximate surface area is 206 Å². The summed E-state index contributed by atoms with van der Waals surface area (Å²) in [6.45, 7) is 6.39. The third-order valence-corrected chi connectivity index (χ3v) is 5.62. The highest BCUT2D eigenvalue weighted by Gasteiger charge is 2.36. The highest BCUT2D eigenvalue weighted by molar-refractivity contribution is 5.86. The Kier molecular flexibility index (Phi) is 8.89. The maximum absolute atomic E-state index is 14.7. The van der Waals surface area contributed by atoms with Gasteiger partial charge in [0.05, 0.1) is 7.11 Å². The van der Waals surface area contributed by atoms with Crippen LogP contribution in [-0.4, -0.2) is 53.7 Å². The molecule has 2 aromatic rings. The lowest BCUT2D eigenvalue weighted by Crippen LogP contribution is -2.47. The molecular weight excluding hydrogens is 451 g/mol. The summed E-state index contributed by atoms with van der Waals surface area (Å²) in [6, 6.07) is 10.8. The van der Waals surface area contributed by atoms with E-state index in [1.54, 1.807) is 20.8 Å². The van der Waals surface area contributed by atoms with Crippen LogP contribution < -0.4 is 15.4 Å². The van der Waals surface area contributed by atoms with E-state index in [9.17, 15) is 14.0 Å². The minimum Gasteiger partial charge on any atom is -0.481 e. The van der Waals surface area contributed by atoms with E-state index >= 15 is 0 Å². The van der Waals surface area contributed by atoms with Gasteiger partial charge in [0.2, 0.25) is 11.8 Å². The number of hydrogen-bond donors (Lipinski definition) is 2. The number of rotatable bonds is 9. The summed E-state index contributed by atoms with van der Waals surface area (Å²) >= 11 is 0. The van der Waals surface area contributed by atoms with Gasteiger partial charge in [0, 0.05) is 25.2 Å². The fraction of sp³-hybridized carbons (Fsp3) is 0.500. The maximum atomic E-state index is 14.7. The second kappa shape index (κ2) is 11.9. The molecule has 1 saturated heterocycles. The topological polar surface area (TPSA) is 92.8 Å². The first-order valence-corrected chi connectivity index (χ1v) is 12.0. The first-order valence-electron chi connectivity index (χ1n) is 12.0. The number of halogens is 1. The van der Waals surface area contributed by atoms with Gasteiger partial charge in [-0.3, -0.25) is 9.69 Å². The first-order chi connectivity index (χ1) is 16.7. The molecule has 0 radical (unpaired) electrons. The molecule has 1 aromatic carbocycles. The zero-order chi connectivity index (χ0) is 25.4. The van der Waals surface area contributed by atoms with Crippen molar-refractivity contribution in [3.8, 4) is 5.88 Å². The van der Waals surface area contributed by atoms with E-state index in [0.29, 0.717) is 31.5 Å². The monoisotopic (exact) mass is 486 g/mol. The molecule has 0 spiro atoms. The molecule has 1 unspecified atom stereocenters. The number of ether oxygens (including phenoxy) is 2. The van der Waals surface area contributed by atoms with Crippen LogP contribution >= 0.6 is 0 Å². The van der Waals surface area contributed by atoms with Crippen LogP contribution in [0.2, 0.25) is 0 Å². The van der Waals surface area contributed by atoms with Gasteiger partial charge in [-0.05, 0) is 58.1 Å². The van der Waals surface area contributed by atoms with Gasteiger partial charge in [0.1, 0.15) is 11.6 Å². The van der Waals surface area contributed by atoms with E-state index in [4.69, 9.17) is 9.47 Å². The van der Waals surface area contributed by atoms with Crippen molar-refractivity contribution in [1.82, 2.24) is 15.2 Å². The van der Waals surface area contributed by atoms with Crippen LogP contribution in [0.4, 0.5) is 15.0 Å². The standard InChI is InChI=1S/C26H35FN4O4/c1-26(2,3)35-25(33)31-15-9-13-21(31)23(32)29-17-19-16-20(27)22(30-24(19)34-4)28-14-8-12-18-10-6-5-7-11-18/h5-7,10-11,16,21H,8-9,12-15,17H2,1-4H3,(H,28,30)(H,29,32). The maximum Gasteiger partial charge on any atom is 0.410 e. The molecule has 1 aliphatic heterocycles. The quantitative estimate of drug-likeness (QED) is 0.514. The third kappa shape index (κ3) is 7.56. The summed E-state index contributed by atoms with van der Waals surface area (Å²) in [5.41, 5.74) is 0.989. The molecule has 3 rings (SSSR count). The number of benzene rings is 1. The number of hydrogen-bond acceptors (Lipinski definition) is 6. The Hall–Kier alpha value is -3.36. The van der Waals surface area contributed by atoms with Gasteiger partial charge >= 0.3 is 6.09 Å². The van der Waals surface area contributed by atoms with Crippen LogP contribution in [0.5, 0.6) is 5.88 Å². The lowest BCUT2D eigenvalue weighted by Gasteiger charge is -2.28. The van der Waals surface area contributed by atoms with Crippen LogP contribution in [0, 0.1) is 5.82 Å². The van der Waals surface area contributed by atoms with Crippen molar-refractivity contribution in [2.75, 3.05) is 25.5 Å². The second-order valence-corrected chi connectivity index (χ2v) is 9.55. The van der Waals surface area contributed by atoms with Crippen molar-refractivity contribution in [3.05, 3.63) is 53.3 Å². The number of carbonyl (C=O) groups excluding carboxylic acids is 2. The molecule has 0 bridgehead atoms. The van der Waals surface area contributed by atoms with E-state index in [1.807, 2.05) is 18.2 Å². The van der Waals surface area contributed by atoms with Crippen molar-refractivity contribution in [1.29, 1.82) is 0 Å². The molecule has 0 aliphatic carbocycles. The van der Waals surface area contributed by atoms with Crippen molar-refractivity contribution in [2.24, 2.45) is 0 Å². The van der Waals surface area contributed by atoms with Crippen molar-refractivity contribution in [3.63, 3.8) is 0 Å². The lowest BCUT2D eigenvalue weighted by atomic mass is 10.1. The summed E-state index contributed by atoms with van der Waals surface area (Å²) in [5, 5.41) is 5.81. The Morgan fingerprint density at radius 1 is 1.23 bits per heavy atom. The second-order valence-electron chi connectivity index (χ2n) is 9.55. The van der Waals surface area contributed by atoms with Gasteiger partial charge in [0.25, 0.3) is 0 Å². The summed E-state index contributed by atoms with van der Waals surface area (Å²) in [6.07, 6.45) is 2.43. The van der Waals surface area contributed by atoms with E-state index in [-0.39, 0.29) is 24.1 Å². The van der Waals surface area contributed by atoms with Gasteiger partial charge < -0.3 is 20.1 Å². The third-order valence-electron chi connectivity index (χ3n) is 5.62. The normalized spacial score (nSPS) is 15.6. The lowest BCUT2D eigenvalue weighted by molar-refractivity contribution is -0.125. The number of nitrogens with zero attached hydrogens (tertiary/aromatic N) is 2. The molecule has 2 N–H and O–H groups in total. The zero-order valence-electron chi connectivity index (χ0n) is 20.9. The number of methoxy groups -OCH3 is 1. The average molecular weight is 487 g/mol. The Morgan fingerprint density at radius 2 is 1.97 bits per heavy atom. The van der Waals surface area contributed by atoms with Gasteiger partial charge in [0.15, 0.2) is 11.6 Å². The Morgan fingerprint density at radius 3 is 2.66 bits per heavy atom. The molecule has 2 heterocycles. The van der Waals surface area contributed by atoms with Gasteiger partial charge in [-0.2, -0.15) is 4.98 Å². The zero-order valence-corrected chi connectivity index (χ0v) is 20.9. The minimum absolute atomic E-state index is 0.0267. The molecule has 1 atom stereocenters. The molecule has 190 valence electrons. The number of nitrogens with one attached hydrogen (secondary N) is 2. The molecule has 9 heteroatoms. The average Bonchev–Trinajstić information content (AvgIpc) is 3.31. The molecule has 0 saturated carbocycles. The van der Waals surface area contributed by atoms with Gasteiger partial charge in [-0.15, -0.1) is 0 Å². The molecule has 1 aliphatic rings. The summed E-state index contributed by atoms with van der Waals surface area (Å²) in [5.74, 6) is -0.505. The van der Waals surface area contributed by atoms with Crippen LogP contribution in [-0.2, 0) is 22.5 Å². The fourth-order valence-electron chi connectivity index (χ4n) is 3.96. The number of amides is 2. The number of aryl methyl sites for hydroxylation is 1. The van der Waals surface area contributed by atoms with Crippen LogP contribution in [0.3, 0.4) is 0 Å². The van der Waals surface area contributed by atoms with Crippen molar-refractivity contribution >= 4 is 17.8 Å². The molecule has 8 nitrogen and oxygen atoms in total. The number of anilines is 1. The molecule has 35 heavy (non-hydrogen) atoms. The van der Waals surface area contributed by atoms with Crippen molar-refractivity contribution < 1.29 is 23.5 Å². The minimum atomic E-state index is -0.644. The summed E-state index contributed by atoms with van der Waals surface area (Å²) in [4.78, 5) is 31.0. The van der Waals surface area contributed by atoms with Crippen molar-refractivity contribution in [2.45, 2.75) is 64.6 Å². The van der Waals surface area contributed by atoms with Crippen LogP contribution in [0.15, 0.2) is 36.4 Å². The van der Waals surface area contributed by atoms with E-state index in [0.717, 1.165) is 12.8 Å². The molecule has 1 aromatic heterocycles. The number of likely N-dealkylation sites (tertiary alicyclic amines) is 1. The first kappa shape index (κ1) is 26.2. The van der Waals surface area contributed by atoms with Gasteiger partial charge in [-0.1, -0.05) is 30.3 Å². The van der Waals surface area contributed by atoms with E-state index in [1.165, 1.54) is 23.6 Å². The predicted octanol–water partition coefficient (Wildman–Crippen LogP) is 4.29.